The van der Waals surface area contributed by atoms with E-state index >= 15 is 0 Å². The molecule has 0 aliphatic heterocycles. The predicted molar refractivity (Wildman–Crippen MR) is 48.9 cm³/mol. The molecule has 0 rings (SSSR count). The van der Waals surface area contributed by atoms with Crippen molar-refractivity contribution < 1.29 is 9.59 Å². The zero-order valence-corrected chi connectivity index (χ0v) is 8.17. The first-order valence-corrected chi connectivity index (χ1v) is 4.51. The number of hydrogen-bond donors (Lipinski definition) is 0. The topological polar surface area (TPSA) is 34.1 Å². The summed E-state index contributed by atoms with van der Waals surface area (Å²) < 4.78 is 0. The van der Waals surface area contributed by atoms with Crippen LogP contribution in [-0.2, 0) is 9.59 Å². The molecule has 0 spiro atoms. The molecule has 0 heterocycles. The smallest absolute Gasteiger partial charge is 0.130 e. The normalized spacial score (nSPS) is 15.2. The molecule has 0 aromatic rings. The van der Waals surface area contributed by atoms with E-state index < -0.39 is 0 Å². The Morgan fingerprint density at radius 1 is 1.33 bits per heavy atom. The molecule has 0 aromatic heterocycles. The van der Waals surface area contributed by atoms with Gasteiger partial charge in [-0.25, -0.2) is 0 Å². The summed E-state index contributed by atoms with van der Waals surface area (Å²) in [7, 11) is 0. The Hall–Kier alpha value is -0.660. The van der Waals surface area contributed by atoms with Crippen LogP contribution in [0.1, 0.15) is 40.0 Å². The van der Waals surface area contributed by atoms with Crippen molar-refractivity contribution in [1.82, 2.24) is 0 Å². The highest BCUT2D eigenvalue weighted by Gasteiger charge is 2.13. The molecule has 0 radical (unpaired) electrons. The van der Waals surface area contributed by atoms with Crippen LogP contribution < -0.4 is 0 Å². The van der Waals surface area contributed by atoms with Gasteiger partial charge in [-0.1, -0.05) is 13.8 Å². The minimum absolute atomic E-state index is 0.237. The highest BCUT2D eigenvalue weighted by molar-refractivity contribution is 5.75. The summed E-state index contributed by atoms with van der Waals surface area (Å²) in [5.74, 6) is 1.11. The van der Waals surface area contributed by atoms with E-state index in [4.69, 9.17) is 0 Å². The molecule has 2 heteroatoms. The minimum Gasteiger partial charge on any atom is -0.303 e. The van der Waals surface area contributed by atoms with Crippen LogP contribution in [0.25, 0.3) is 0 Å². The van der Waals surface area contributed by atoms with Crippen LogP contribution in [0.5, 0.6) is 0 Å². The van der Waals surface area contributed by atoms with E-state index in [0.29, 0.717) is 24.7 Å². The number of Topliss-reactive ketones (excluding diaryl/α,β-unsaturated/α-hetero) is 1. The second-order valence-electron chi connectivity index (χ2n) is 3.60. The number of ketones is 1. The maximum Gasteiger partial charge on any atom is 0.130 e. The lowest BCUT2D eigenvalue weighted by Gasteiger charge is -2.17. The molecule has 0 N–H and O–H groups in total. The third-order valence-corrected chi connectivity index (χ3v) is 2.32. The third-order valence-electron chi connectivity index (χ3n) is 2.32. The molecule has 70 valence electrons. The maximum absolute atomic E-state index is 10.8. The van der Waals surface area contributed by atoms with E-state index in [1.165, 1.54) is 0 Å². The van der Waals surface area contributed by atoms with Crippen molar-refractivity contribution in [3.8, 4) is 0 Å². The van der Waals surface area contributed by atoms with Gasteiger partial charge in [0.2, 0.25) is 0 Å². The van der Waals surface area contributed by atoms with Crippen LogP contribution in [0.2, 0.25) is 0 Å². The Labute approximate surface area is 74.3 Å². The summed E-state index contributed by atoms with van der Waals surface area (Å²) in [6.45, 7) is 5.77. The zero-order valence-electron chi connectivity index (χ0n) is 8.17. The fraction of sp³-hybridized carbons (Fsp3) is 0.800. The zero-order chi connectivity index (χ0) is 9.56. The van der Waals surface area contributed by atoms with Crippen LogP contribution in [-0.4, -0.2) is 12.1 Å². The molecule has 0 bridgehead atoms. The number of rotatable bonds is 6. The monoisotopic (exact) mass is 170 g/mol. The predicted octanol–water partition coefficient (Wildman–Crippen LogP) is 2.22. The third kappa shape index (κ3) is 5.05. The molecule has 0 saturated carbocycles. The van der Waals surface area contributed by atoms with Gasteiger partial charge in [-0.3, -0.25) is 0 Å². The number of carbonyl (C=O) groups excluding carboxylic acids is 2. The van der Waals surface area contributed by atoms with Crippen LogP contribution in [0.15, 0.2) is 0 Å². The van der Waals surface area contributed by atoms with Crippen molar-refractivity contribution in [3.63, 3.8) is 0 Å². The quantitative estimate of drug-likeness (QED) is 0.573. The lowest BCUT2D eigenvalue weighted by molar-refractivity contribution is -0.118. The average molecular weight is 170 g/mol. The van der Waals surface area contributed by atoms with Crippen LogP contribution in [0, 0.1) is 11.8 Å². The molecule has 0 fully saturated rings. The van der Waals surface area contributed by atoms with E-state index in [0.717, 1.165) is 12.7 Å². The van der Waals surface area contributed by atoms with E-state index in [2.05, 4.69) is 13.8 Å². The Morgan fingerprint density at radius 3 is 2.33 bits per heavy atom. The first-order valence-electron chi connectivity index (χ1n) is 4.51. The van der Waals surface area contributed by atoms with Gasteiger partial charge >= 0.3 is 0 Å². The molecule has 12 heavy (non-hydrogen) atoms. The Morgan fingerprint density at radius 2 is 1.92 bits per heavy atom. The van der Waals surface area contributed by atoms with Crippen molar-refractivity contribution in [2.45, 2.75) is 40.0 Å². The van der Waals surface area contributed by atoms with Gasteiger partial charge in [-0.05, 0) is 25.2 Å². The summed E-state index contributed by atoms with van der Waals surface area (Å²) in [5, 5.41) is 0. The second kappa shape index (κ2) is 5.92. The molecule has 2 atom stereocenters. The van der Waals surface area contributed by atoms with Gasteiger partial charge in [0.15, 0.2) is 0 Å². The van der Waals surface area contributed by atoms with Gasteiger partial charge in [0.05, 0.1) is 0 Å². The molecule has 2 nitrogen and oxygen atoms in total. The van der Waals surface area contributed by atoms with Crippen molar-refractivity contribution >= 4 is 12.1 Å². The number of aldehydes is 1. The van der Waals surface area contributed by atoms with Gasteiger partial charge in [-0.2, -0.15) is 0 Å². The largest absolute Gasteiger partial charge is 0.303 e. The molecular weight excluding hydrogens is 152 g/mol. The maximum atomic E-state index is 10.8. The van der Waals surface area contributed by atoms with Gasteiger partial charge in [-0.15, -0.1) is 0 Å². The van der Waals surface area contributed by atoms with Crippen LogP contribution in [0.3, 0.4) is 0 Å². The van der Waals surface area contributed by atoms with Gasteiger partial charge < -0.3 is 9.59 Å². The van der Waals surface area contributed by atoms with Crippen molar-refractivity contribution in [2.75, 3.05) is 0 Å². The lowest BCUT2D eigenvalue weighted by Crippen LogP contribution is -2.11. The van der Waals surface area contributed by atoms with Crippen LogP contribution >= 0.6 is 0 Å². The van der Waals surface area contributed by atoms with Gasteiger partial charge in [0, 0.05) is 12.8 Å². The van der Waals surface area contributed by atoms with Crippen molar-refractivity contribution in [2.24, 2.45) is 11.8 Å². The summed E-state index contributed by atoms with van der Waals surface area (Å²) in [4.78, 5) is 20.9. The van der Waals surface area contributed by atoms with Gasteiger partial charge in [0.25, 0.3) is 0 Å². The highest BCUT2D eigenvalue weighted by Crippen LogP contribution is 2.19. The lowest BCUT2D eigenvalue weighted by atomic mass is 9.88. The number of carbonyl (C=O) groups is 2. The van der Waals surface area contributed by atoms with E-state index in [9.17, 15) is 9.59 Å². The van der Waals surface area contributed by atoms with E-state index in [-0.39, 0.29) is 5.78 Å². The van der Waals surface area contributed by atoms with Crippen LogP contribution in [0.4, 0.5) is 0 Å². The SMILES string of the molecule is CC(=O)CC(C)C(C)CCC=O. The van der Waals surface area contributed by atoms with E-state index in [1.807, 2.05) is 0 Å². The van der Waals surface area contributed by atoms with Crippen molar-refractivity contribution in [1.29, 1.82) is 0 Å². The second-order valence-corrected chi connectivity index (χ2v) is 3.60. The summed E-state index contributed by atoms with van der Waals surface area (Å²) in [5.41, 5.74) is 0. The molecule has 0 aliphatic rings. The molecular formula is C10H18O2. The standard InChI is InChI=1S/C10H18O2/c1-8(5-4-6-11)9(2)7-10(3)12/h6,8-9H,4-5,7H2,1-3H3. The molecule has 2 unspecified atom stereocenters. The molecule has 0 saturated heterocycles. The highest BCUT2D eigenvalue weighted by atomic mass is 16.1. The molecule has 0 aromatic carbocycles. The summed E-state index contributed by atoms with van der Waals surface area (Å²) >= 11 is 0. The molecule has 0 aliphatic carbocycles. The molecule has 0 amide bonds. The van der Waals surface area contributed by atoms with Crippen molar-refractivity contribution in [3.05, 3.63) is 0 Å². The summed E-state index contributed by atoms with van der Waals surface area (Å²) in [6.07, 6.45) is 3.10. The number of hydrogen-bond acceptors (Lipinski definition) is 2. The van der Waals surface area contributed by atoms with E-state index in [1.54, 1.807) is 6.92 Å². The first-order chi connectivity index (χ1) is 5.57. The Kier molecular flexibility index (Phi) is 5.60. The Bertz CT molecular complexity index is 152. The minimum atomic E-state index is 0.237. The fourth-order valence-electron chi connectivity index (χ4n) is 1.27. The first kappa shape index (κ1) is 11.3. The van der Waals surface area contributed by atoms with Gasteiger partial charge in [0.1, 0.15) is 12.1 Å². The Balaban J connectivity index is 3.67. The fourth-order valence-corrected chi connectivity index (χ4v) is 1.27. The average Bonchev–Trinajstić information content (AvgIpc) is 1.98. The summed E-state index contributed by atoms with van der Waals surface area (Å²) in [6, 6.07) is 0.